The van der Waals surface area contributed by atoms with E-state index in [0.717, 1.165) is 4.47 Å². The van der Waals surface area contributed by atoms with E-state index in [1.165, 1.54) is 6.20 Å². The highest BCUT2D eigenvalue weighted by molar-refractivity contribution is 9.10. The molecule has 100 valence electrons. The van der Waals surface area contributed by atoms with Crippen molar-refractivity contribution in [1.82, 2.24) is 10.3 Å². The van der Waals surface area contributed by atoms with Crippen LogP contribution >= 0.6 is 15.9 Å². The lowest BCUT2D eigenvalue weighted by atomic mass is 10.3. The van der Waals surface area contributed by atoms with Gasteiger partial charge in [0, 0.05) is 13.7 Å². The molecule has 0 aliphatic carbocycles. The van der Waals surface area contributed by atoms with Crippen LogP contribution in [-0.2, 0) is 9.53 Å². The Morgan fingerprint density at radius 3 is 3.00 bits per heavy atom. The Morgan fingerprint density at radius 1 is 1.67 bits per heavy atom. The molecular formula is C11H17BrN4O2. The summed E-state index contributed by atoms with van der Waals surface area (Å²) >= 11 is 3.33. The second-order valence-corrected chi connectivity index (χ2v) is 4.60. The Kier molecular flexibility index (Phi) is 5.87. The quantitative estimate of drug-likeness (QED) is 0.681. The van der Waals surface area contributed by atoms with E-state index in [-0.39, 0.29) is 5.91 Å². The fourth-order valence-electron chi connectivity index (χ4n) is 1.26. The zero-order valence-corrected chi connectivity index (χ0v) is 12.0. The van der Waals surface area contributed by atoms with Crippen molar-refractivity contribution in [3.63, 3.8) is 0 Å². The normalized spacial score (nSPS) is 11.9. The second-order valence-electron chi connectivity index (χ2n) is 3.75. The van der Waals surface area contributed by atoms with Crippen LogP contribution in [0.5, 0.6) is 0 Å². The van der Waals surface area contributed by atoms with Crippen molar-refractivity contribution < 1.29 is 9.53 Å². The molecule has 0 fully saturated rings. The van der Waals surface area contributed by atoms with Gasteiger partial charge in [-0.1, -0.05) is 0 Å². The molecule has 0 aliphatic heterocycles. The minimum absolute atomic E-state index is 0.113. The Hall–Kier alpha value is -1.34. The van der Waals surface area contributed by atoms with Crippen LogP contribution in [-0.4, -0.2) is 37.2 Å². The summed E-state index contributed by atoms with van der Waals surface area (Å²) in [7, 11) is 1.59. The maximum absolute atomic E-state index is 11.7. The number of nitrogens with zero attached hydrogens (tertiary/aromatic N) is 1. The minimum atomic E-state index is -0.394. The number of anilines is 2. The molecule has 0 aliphatic rings. The zero-order chi connectivity index (χ0) is 13.5. The maximum atomic E-state index is 11.7. The van der Waals surface area contributed by atoms with Gasteiger partial charge in [0.15, 0.2) is 0 Å². The van der Waals surface area contributed by atoms with Crippen molar-refractivity contribution in [2.24, 2.45) is 0 Å². The lowest BCUT2D eigenvalue weighted by Gasteiger charge is -2.15. The van der Waals surface area contributed by atoms with Gasteiger partial charge in [0.05, 0.1) is 23.0 Å². The molecule has 0 aromatic carbocycles. The highest BCUT2D eigenvalue weighted by atomic mass is 79.9. The van der Waals surface area contributed by atoms with Gasteiger partial charge in [-0.2, -0.15) is 0 Å². The number of nitrogens with two attached hydrogens (primary N) is 1. The van der Waals surface area contributed by atoms with E-state index in [2.05, 4.69) is 31.5 Å². The first-order chi connectivity index (χ1) is 8.54. The third-order valence-corrected chi connectivity index (χ3v) is 2.82. The standard InChI is InChI=1S/C11H17BrN4O2/c1-7(11(17)14-3-4-18-2)16-10-9(12)5-8(13)6-15-10/h5-7H,3-4,13H2,1-2H3,(H,14,17)(H,15,16). The molecule has 7 heteroatoms. The number of carbonyl (C=O) groups is 1. The van der Waals surface area contributed by atoms with Crippen LogP contribution in [0.4, 0.5) is 11.5 Å². The van der Waals surface area contributed by atoms with Crippen LogP contribution in [0.2, 0.25) is 0 Å². The van der Waals surface area contributed by atoms with E-state index < -0.39 is 6.04 Å². The third kappa shape index (κ3) is 4.50. The lowest BCUT2D eigenvalue weighted by Crippen LogP contribution is -2.39. The van der Waals surface area contributed by atoms with Crippen LogP contribution in [0, 0.1) is 0 Å². The maximum Gasteiger partial charge on any atom is 0.242 e. The number of aromatic nitrogens is 1. The molecule has 0 saturated carbocycles. The number of carbonyl (C=O) groups excluding carboxylic acids is 1. The number of hydrogen-bond donors (Lipinski definition) is 3. The predicted octanol–water partition coefficient (Wildman–Crippen LogP) is 0.989. The highest BCUT2D eigenvalue weighted by Gasteiger charge is 2.13. The van der Waals surface area contributed by atoms with E-state index in [9.17, 15) is 4.79 Å². The molecule has 6 nitrogen and oxygen atoms in total. The molecule has 0 bridgehead atoms. The van der Waals surface area contributed by atoms with Crippen LogP contribution in [0.1, 0.15) is 6.92 Å². The zero-order valence-electron chi connectivity index (χ0n) is 10.4. The fraction of sp³-hybridized carbons (Fsp3) is 0.455. The number of methoxy groups -OCH3 is 1. The molecule has 1 heterocycles. The third-order valence-electron chi connectivity index (χ3n) is 2.21. The van der Waals surface area contributed by atoms with Crippen LogP contribution < -0.4 is 16.4 Å². The predicted molar refractivity (Wildman–Crippen MR) is 74.3 cm³/mol. The van der Waals surface area contributed by atoms with Crippen LogP contribution in [0.15, 0.2) is 16.7 Å². The van der Waals surface area contributed by atoms with E-state index in [0.29, 0.717) is 24.7 Å². The largest absolute Gasteiger partial charge is 0.397 e. The molecule has 1 amide bonds. The van der Waals surface area contributed by atoms with Gasteiger partial charge in [-0.15, -0.1) is 0 Å². The topological polar surface area (TPSA) is 89.3 Å². The molecule has 1 aromatic rings. The SMILES string of the molecule is COCCNC(=O)C(C)Nc1ncc(N)cc1Br. The van der Waals surface area contributed by atoms with E-state index in [1.807, 2.05) is 0 Å². The monoisotopic (exact) mass is 316 g/mol. The highest BCUT2D eigenvalue weighted by Crippen LogP contribution is 2.22. The summed E-state index contributed by atoms with van der Waals surface area (Å²) in [5.41, 5.74) is 6.15. The van der Waals surface area contributed by atoms with Gasteiger partial charge < -0.3 is 21.1 Å². The van der Waals surface area contributed by atoms with Gasteiger partial charge in [-0.3, -0.25) is 4.79 Å². The molecule has 1 rings (SSSR count). The van der Waals surface area contributed by atoms with Crippen molar-refractivity contribution >= 4 is 33.3 Å². The minimum Gasteiger partial charge on any atom is -0.397 e. The van der Waals surface area contributed by atoms with Gasteiger partial charge in [0.25, 0.3) is 0 Å². The number of nitrogen functional groups attached to an aromatic ring is 1. The van der Waals surface area contributed by atoms with Gasteiger partial charge in [-0.25, -0.2) is 4.98 Å². The number of ether oxygens (including phenoxy) is 1. The van der Waals surface area contributed by atoms with Crippen LogP contribution in [0.25, 0.3) is 0 Å². The molecule has 0 radical (unpaired) electrons. The summed E-state index contributed by atoms with van der Waals surface area (Å²) in [5, 5.41) is 5.74. The molecule has 1 atom stereocenters. The van der Waals surface area contributed by atoms with Gasteiger partial charge in [0.2, 0.25) is 5.91 Å². The molecule has 18 heavy (non-hydrogen) atoms. The molecule has 1 unspecified atom stereocenters. The summed E-state index contributed by atoms with van der Waals surface area (Å²) in [6.07, 6.45) is 1.53. The van der Waals surface area contributed by atoms with Gasteiger partial charge in [0.1, 0.15) is 11.9 Å². The Bertz CT molecular complexity index is 414. The summed E-state index contributed by atoms with van der Waals surface area (Å²) in [6.45, 7) is 2.73. The number of halogens is 1. The Balaban J connectivity index is 2.53. The molecular weight excluding hydrogens is 300 g/mol. The number of amides is 1. The van der Waals surface area contributed by atoms with E-state index >= 15 is 0 Å². The van der Waals surface area contributed by atoms with Gasteiger partial charge >= 0.3 is 0 Å². The lowest BCUT2D eigenvalue weighted by molar-refractivity contribution is -0.121. The van der Waals surface area contributed by atoms with Crippen molar-refractivity contribution in [1.29, 1.82) is 0 Å². The summed E-state index contributed by atoms with van der Waals surface area (Å²) < 4.78 is 5.58. The Morgan fingerprint density at radius 2 is 2.39 bits per heavy atom. The molecule has 0 saturated heterocycles. The number of pyridine rings is 1. The van der Waals surface area contributed by atoms with Crippen LogP contribution in [0.3, 0.4) is 0 Å². The first-order valence-corrected chi connectivity index (χ1v) is 6.28. The number of hydrogen-bond acceptors (Lipinski definition) is 5. The number of nitrogens with one attached hydrogen (secondary N) is 2. The number of rotatable bonds is 6. The van der Waals surface area contributed by atoms with Crippen molar-refractivity contribution in [3.05, 3.63) is 16.7 Å². The van der Waals surface area contributed by atoms with Crippen molar-refractivity contribution in [3.8, 4) is 0 Å². The van der Waals surface area contributed by atoms with E-state index in [4.69, 9.17) is 10.5 Å². The summed E-state index contributed by atoms with van der Waals surface area (Å²) in [6, 6.07) is 1.33. The molecule has 1 aromatic heterocycles. The smallest absolute Gasteiger partial charge is 0.242 e. The van der Waals surface area contributed by atoms with Crippen molar-refractivity contribution in [2.45, 2.75) is 13.0 Å². The fourth-order valence-corrected chi connectivity index (χ4v) is 1.74. The first-order valence-electron chi connectivity index (χ1n) is 5.48. The van der Waals surface area contributed by atoms with Gasteiger partial charge in [-0.05, 0) is 28.9 Å². The average molecular weight is 317 g/mol. The summed E-state index contributed by atoms with van der Waals surface area (Å²) in [5.74, 6) is 0.469. The molecule has 0 spiro atoms. The van der Waals surface area contributed by atoms with Crippen molar-refractivity contribution in [2.75, 3.05) is 31.3 Å². The molecule has 4 N–H and O–H groups in total. The summed E-state index contributed by atoms with van der Waals surface area (Å²) in [4.78, 5) is 15.8. The average Bonchev–Trinajstić information content (AvgIpc) is 2.32. The Labute approximate surface area is 114 Å². The second kappa shape index (κ2) is 7.17. The first kappa shape index (κ1) is 14.7. The van der Waals surface area contributed by atoms with E-state index in [1.54, 1.807) is 20.1 Å².